The van der Waals surface area contributed by atoms with E-state index in [0.29, 0.717) is 23.9 Å². The van der Waals surface area contributed by atoms with Gasteiger partial charge in [0.05, 0.1) is 32.4 Å². The van der Waals surface area contributed by atoms with Crippen molar-refractivity contribution in [2.75, 3.05) is 47.6 Å². The fourth-order valence-electron chi connectivity index (χ4n) is 4.85. The quantitative estimate of drug-likeness (QED) is 0.327. The number of aromatic nitrogens is 2. The molecule has 1 saturated heterocycles. The number of nitrogens with zero attached hydrogens (tertiary/aromatic N) is 2. The molecule has 0 unspecified atom stereocenters. The average Bonchev–Trinajstić information content (AvgIpc) is 3.59. The summed E-state index contributed by atoms with van der Waals surface area (Å²) in [6.07, 6.45) is 3.33. The predicted molar refractivity (Wildman–Crippen MR) is 142 cm³/mol. The van der Waals surface area contributed by atoms with Crippen LogP contribution in [-0.2, 0) is 6.42 Å². The second-order valence-electron chi connectivity index (χ2n) is 9.04. The summed E-state index contributed by atoms with van der Waals surface area (Å²) < 4.78 is 22.8. The van der Waals surface area contributed by atoms with Gasteiger partial charge in [0.25, 0.3) is 0 Å². The second kappa shape index (κ2) is 10.9. The zero-order valence-corrected chi connectivity index (χ0v) is 21.2. The Kier molecular flexibility index (Phi) is 7.28. The van der Waals surface area contributed by atoms with Gasteiger partial charge in [0.1, 0.15) is 18.2 Å². The molecule has 3 aromatic carbocycles. The first-order valence-corrected chi connectivity index (χ1v) is 12.4. The largest absolute Gasteiger partial charge is 0.493 e. The molecule has 0 aliphatic carbocycles. The van der Waals surface area contributed by atoms with Crippen molar-refractivity contribution < 1.29 is 18.9 Å². The summed E-state index contributed by atoms with van der Waals surface area (Å²) in [5, 5.41) is 0. The van der Waals surface area contributed by atoms with Gasteiger partial charge in [-0.05, 0) is 61.7 Å². The molecule has 7 heteroatoms. The monoisotopic (exact) mass is 487 g/mol. The SMILES string of the molecule is COc1cc(-c2nc3c(Cc4ccccc4)cc(OCCN4CCCC4)cc3[nH]2)cc(OC)c1OC. The molecule has 4 aromatic rings. The zero-order chi connectivity index (χ0) is 24.9. The van der Waals surface area contributed by atoms with Crippen molar-refractivity contribution >= 4 is 11.0 Å². The first kappa shape index (κ1) is 24.0. The maximum absolute atomic E-state index is 6.23. The number of ether oxygens (including phenoxy) is 4. The Bertz CT molecular complexity index is 1290. The topological polar surface area (TPSA) is 68.8 Å². The maximum Gasteiger partial charge on any atom is 0.203 e. The summed E-state index contributed by atoms with van der Waals surface area (Å²) in [5.74, 6) is 3.31. The van der Waals surface area contributed by atoms with E-state index in [2.05, 4.69) is 40.2 Å². The van der Waals surface area contributed by atoms with Gasteiger partial charge in [-0.15, -0.1) is 0 Å². The third kappa shape index (κ3) is 5.11. The Labute approximate surface area is 212 Å². The van der Waals surface area contributed by atoms with Crippen LogP contribution >= 0.6 is 0 Å². The molecule has 36 heavy (non-hydrogen) atoms. The van der Waals surface area contributed by atoms with E-state index in [1.54, 1.807) is 21.3 Å². The van der Waals surface area contributed by atoms with Gasteiger partial charge < -0.3 is 23.9 Å². The summed E-state index contributed by atoms with van der Waals surface area (Å²) >= 11 is 0. The zero-order valence-electron chi connectivity index (χ0n) is 21.2. The molecule has 0 amide bonds. The number of fused-ring (bicyclic) bond motifs is 1. The molecule has 1 aliphatic heterocycles. The highest BCUT2D eigenvalue weighted by Crippen LogP contribution is 2.41. The van der Waals surface area contributed by atoms with Crippen molar-refractivity contribution in [2.24, 2.45) is 0 Å². The van der Waals surface area contributed by atoms with Crippen LogP contribution in [0.4, 0.5) is 0 Å². The van der Waals surface area contributed by atoms with Crippen molar-refractivity contribution in [3.05, 3.63) is 65.7 Å². The predicted octanol–water partition coefficient (Wildman–Crippen LogP) is 5.32. The molecule has 0 radical (unpaired) electrons. The van der Waals surface area contributed by atoms with E-state index in [-0.39, 0.29) is 0 Å². The van der Waals surface area contributed by atoms with Crippen LogP contribution in [0, 0.1) is 0 Å². The second-order valence-corrected chi connectivity index (χ2v) is 9.04. The highest BCUT2D eigenvalue weighted by Gasteiger charge is 2.18. The van der Waals surface area contributed by atoms with E-state index in [4.69, 9.17) is 23.9 Å². The van der Waals surface area contributed by atoms with Crippen LogP contribution in [0.15, 0.2) is 54.6 Å². The number of rotatable bonds is 10. The Morgan fingerprint density at radius 1 is 0.889 bits per heavy atom. The van der Waals surface area contributed by atoms with Gasteiger partial charge >= 0.3 is 0 Å². The van der Waals surface area contributed by atoms with Crippen LogP contribution in [0.1, 0.15) is 24.0 Å². The molecule has 5 rings (SSSR count). The minimum Gasteiger partial charge on any atom is -0.493 e. The lowest BCUT2D eigenvalue weighted by atomic mass is 10.0. The molecule has 0 bridgehead atoms. The van der Waals surface area contributed by atoms with Crippen LogP contribution in [0.5, 0.6) is 23.0 Å². The van der Waals surface area contributed by atoms with Gasteiger partial charge in [0.2, 0.25) is 5.75 Å². The summed E-state index contributed by atoms with van der Waals surface area (Å²) in [6.45, 7) is 3.95. The van der Waals surface area contributed by atoms with Gasteiger partial charge in [-0.1, -0.05) is 30.3 Å². The molecule has 7 nitrogen and oxygen atoms in total. The van der Waals surface area contributed by atoms with E-state index in [1.807, 2.05) is 24.3 Å². The number of nitrogens with one attached hydrogen (secondary N) is 1. The Morgan fingerprint density at radius 3 is 2.28 bits per heavy atom. The minimum absolute atomic E-state index is 0.554. The van der Waals surface area contributed by atoms with Crippen molar-refractivity contribution in [1.82, 2.24) is 14.9 Å². The lowest BCUT2D eigenvalue weighted by molar-refractivity contribution is 0.238. The van der Waals surface area contributed by atoms with E-state index < -0.39 is 0 Å². The number of methoxy groups -OCH3 is 3. The fourth-order valence-corrected chi connectivity index (χ4v) is 4.85. The fraction of sp³-hybridized carbons (Fsp3) is 0.345. The van der Waals surface area contributed by atoms with Gasteiger partial charge in [-0.2, -0.15) is 0 Å². The number of hydrogen-bond donors (Lipinski definition) is 1. The normalized spacial score (nSPS) is 13.8. The molecule has 1 fully saturated rings. The third-order valence-corrected chi connectivity index (χ3v) is 6.69. The van der Waals surface area contributed by atoms with Crippen molar-refractivity contribution in [2.45, 2.75) is 19.3 Å². The van der Waals surface area contributed by atoms with E-state index >= 15 is 0 Å². The Hall–Kier alpha value is -3.71. The summed E-state index contributed by atoms with van der Waals surface area (Å²) in [7, 11) is 4.83. The highest BCUT2D eigenvalue weighted by atomic mass is 16.5. The van der Waals surface area contributed by atoms with Crippen LogP contribution in [0.2, 0.25) is 0 Å². The smallest absolute Gasteiger partial charge is 0.203 e. The van der Waals surface area contributed by atoms with E-state index in [0.717, 1.165) is 46.7 Å². The van der Waals surface area contributed by atoms with Crippen molar-refractivity contribution in [3.63, 3.8) is 0 Å². The lowest BCUT2D eigenvalue weighted by Gasteiger charge is -2.15. The summed E-state index contributed by atoms with van der Waals surface area (Å²) in [4.78, 5) is 11.0. The Morgan fingerprint density at radius 2 is 1.61 bits per heavy atom. The molecule has 0 spiro atoms. The molecule has 1 N–H and O–H groups in total. The first-order chi connectivity index (χ1) is 17.7. The number of H-pyrrole nitrogens is 1. The van der Waals surface area contributed by atoms with Gasteiger partial charge in [0, 0.05) is 18.2 Å². The standard InChI is InChI=1S/C29H33N3O4/c1-33-25-17-22(18-26(34-2)28(25)35-3)29-30-24-19-23(36-14-13-32-11-7-8-12-32)16-21(27(24)31-29)15-20-9-5-4-6-10-20/h4-6,9-10,16-19H,7-8,11-15H2,1-3H3,(H,30,31). The molecule has 1 aromatic heterocycles. The van der Waals surface area contributed by atoms with Crippen LogP contribution in [0.3, 0.4) is 0 Å². The van der Waals surface area contributed by atoms with Gasteiger partial charge in [-0.25, -0.2) is 4.98 Å². The number of imidazole rings is 1. The van der Waals surface area contributed by atoms with Crippen molar-refractivity contribution in [1.29, 1.82) is 0 Å². The molecule has 2 heterocycles. The van der Waals surface area contributed by atoms with Crippen LogP contribution in [0.25, 0.3) is 22.4 Å². The molecule has 0 atom stereocenters. The number of hydrogen-bond acceptors (Lipinski definition) is 6. The van der Waals surface area contributed by atoms with Crippen LogP contribution < -0.4 is 18.9 Å². The first-order valence-electron chi connectivity index (χ1n) is 12.4. The minimum atomic E-state index is 0.554. The summed E-state index contributed by atoms with van der Waals surface area (Å²) in [6, 6.07) is 18.4. The molecule has 0 saturated carbocycles. The Balaban J connectivity index is 1.51. The molecule has 188 valence electrons. The lowest BCUT2D eigenvalue weighted by Crippen LogP contribution is -2.25. The van der Waals surface area contributed by atoms with Crippen molar-refractivity contribution in [3.8, 4) is 34.4 Å². The number of benzene rings is 3. The maximum atomic E-state index is 6.23. The average molecular weight is 488 g/mol. The molecular weight excluding hydrogens is 454 g/mol. The van der Waals surface area contributed by atoms with Gasteiger partial charge in [-0.3, -0.25) is 4.90 Å². The number of likely N-dealkylation sites (tertiary alicyclic amines) is 1. The highest BCUT2D eigenvalue weighted by molar-refractivity contribution is 5.85. The molecule has 1 aliphatic rings. The third-order valence-electron chi connectivity index (χ3n) is 6.69. The summed E-state index contributed by atoms with van der Waals surface area (Å²) in [5.41, 5.74) is 5.05. The number of aromatic amines is 1. The van der Waals surface area contributed by atoms with E-state index in [9.17, 15) is 0 Å². The van der Waals surface area contributed by atoms with Crippen LogP contribution in [-0.4, -0.2) is 62.4 Å². The molecular formula is C29H33N3O4. The van der Waals surface area contributed by atoms with Gasteiger partial charge in [0.15, 0.2) is 11.5 Å². The van der Waals surface area contributed by atoms with E-state index in [1.165, 1.54) is 31.5 Å².